The predicted octanol–water partition coefficient (Wildman–Crippen LogP) is 6.92. The molecule has 0 spiro atoms. The minimum absolute atomic E-state index is 0.0262. The van der Waals surface area contributed by atoms with E-state index in [-0.39, 0.29) is 38.5 Å². The SMILES string of the molecule is CC(C)c1nccc(OCCO[Si](C)(C)C(C)(C)C)c1NC(=O)NC(=O)c1cc(Cl)c(Cl)nc1Cl. The highest BCUT2D eigenvalue weighted by Gasteiger charge is 2.37. The van der Waals surface area contributed by atoms with Gasteiger partial charge in [0.2, 0.25) is 0 Å². The molecule has 0 saturated carbocycles. The maximum atomic E-state index is 12.7. The molecule has 35 heavy (non-hydrogen) atoms. The second-order valence-electron chi connectivity index (χ2n) is 9.69. The summed E-state index contributed by atoms with van der Waals surface area (Å²) in [6.07, 6.45) is 1.61. The number of aromatic nitrogens is 2. The number of nitrogens with zero attached hydrogens (tertiary/aromatic N) is 2. The summed E-state index contributed by atoms with van der Waals surface area (Å²) >= 11 is 17.7. The number of carbonyl (C=O) groups excluding carboxylic acids is 2. The summed E-state index contributed by atoms with van der Waals surface area (Å²) in [5.74, 6) is -0.403. The number of pyridine rings is 2. The third-order valence-corrected chi connectivity index (χ3v) is 11.2. The van der Waals surface area contributed by atoms with E-state index >= 15 is 0 Å². The number of halogens is 3. The maximum absolute atomic E-state index is 12.7. The number of carbonyl (C=O) groups is 2. The van der Waals surface area contributed by atoms with Crippen LogP contribution in [0.5, 0.6) is 5.75 Å². The van der Waals surface area contributed by atoms with Gasteiger partial charge in [0.15, 0.2) is 8.32 Å². The fraction of sp³-hybridized carbons (Fsp3) is 0.478. The van der Waals surface area contributed by atoms with Gasteiger partial charge in [0.05, 0.1) is 22.9 Å². The van der Waals surface area contributed by atoms with Crippen molar-refractivity contribution in [2.24, 2.45) is 0 Å². The largest absolute Gasteiger partial charge is 0.489 e. The van der Waals surface area contributed by atoms with E-state index in [1.54, 1.807) is 12.3 Å². The summed E-state index contributed by atoms with van der Waals surface area (Å²) in [6.45, 7) is 15.4. The van der Waals surface area contributed by atoms with E-state index in [9.17, 15) is 9.59 Å². The van der Waals surface area contributed by atoms with Crippen LogP contribution in [0, 0.1) is 0 Å². The lowest BCUT2D eigenvalue weighted by Gasteiger charge is -2.36. The zero-order valence-corrected chi connectivity index (χ0v) is 24.2. The first-order valence-electron chi connectivity index (χ1n) is 11.0. The molecular formula is C23H31Cl3N4O4Si. The highest BCUT2D eigenvalue weighted by atomic mass is 35.5. The van der Waals surface area contributed by atoms with E-state index in [0.29, 0.717) is 23.7 Å². The van der Waals surface area contributed by atoms with Crippen LogP contribution >= 0.6 is 34.8 Å². The fourth-order valence-electron chi connectivity index (χ4n) is 2.73. The van der Waals surface area contributed by atoms with Crippen molar-refractivity contribution < 1.29 is 18.8 Å². The Morgan fingerprint density at radius 2 is 1.77 bits per heavy atom. The monoisotopic (exact) mass is 560 g/mol. The first-order valence-corrected chi connectivity index (χ1v) is 15.1. The third kappa shape index (κ3) is 7.78. The number of nitrogens with one attached hydrogen (secondary N) is 2. The van der Waals surface area contributed by atoms with E-state index in [4.69, 9.17) is 44.0 Å². The van der Waals surface area contributed by atoms with Crippen LogP contribution in [0.25, 0.3) is 0 Å². The van der Waals surface area contributed by atoms with Crippen molar-refractivity contribution in [3.8, 4) is 5.75 Å². The standard InChI is InChI=1S/C23H31Cl3N4O4Si/c1-13(2)17-18(16(8-9-27-17)33-10-11-34-35(6,7)23(3,4)5)28-22(32)30-21(31)14-12-15(24)20(26)29-19(14)25/h8-9,12-13H,10-11H2,1-7H3,(H2,28,30,31,32). The summed E-state index contributed by atoms with van der Waals surface area (Å²) in [5.41, 5.74) is 0.869. The lowest BCUT2D eigenvalue weighted by atomic mass is 10.1. The molecule has 2 heterocycles. The lowest BCUT2D eigenvalue weighted by molar-refractivity contribution is 0.0967. The van der Waals surface area contributed by atoms with Gasteiger partial charge in [-0.15, -0.1) is 0 Å². The lowest BCUT2D eigenvalue weighted by Crippen LogP contribution is -2.41. The van der Waals surface area contributed by atoms with Gasteiger partial charge in [-0.25, -0.2) is 9.78 Å². The van der Waals surface area contributed by atoms with Gasteiger partial charge in [-0.05, 0) is 30.1 Å². The molecule has 2 rings (SSSR count). The van der Waals surface area contributed by atoms with Crippen LogP contribution in [0.2, 0.25) is 33.5 Å². The van der Waals surface area contributed by atoms with Crippen LogP contribution in [0.15, 0.2) is 18.3 Å². The molecule has 2 aromatic rings. The molecule has 192 valence electrons. The Hall–Kier alpha value is -1.91. The van der Waals surface area contributed by atoms with Gasteiger partial charge in [-0.1, -0.05) is 69.4 Å². The molecule has 8 nitrogen and oxygen atoms in total. The minimum atomic E-state index is -1.92. The predicted molar refractivity (Wildman–Crippen MR) is 143 cm³/mol. The Balaban J connectivity index is 2.15. The summed E-state index contributed by atoms with van der Waals surface area (Å²) in [7, 11) is -1.92. The van der Waals surface area contributed by atoms with Crippen molar-refractivity contribution in [2.75, 3.05) is 18.5 Å². The quantitative estimate of drug-likeness (QED) is 0.206. The molecule has 0 aliphatic heterocycles. The van der Waals surface area contributed by atoms with E-state index in [1.807, 2.05) is 13.8 Å². The molecule has 0 bridgehead atoms. The number of rotatable bonds is 8. The molecule has 3 amide bonds. The molecular weight excluding hydrogens is 531 g/mol. The first kappa shape index (κ1) is 29.3. The van der Waals surface area contributed by atoms with Crippen molar-refractivity contribution in [1.82, 2.24) is 15.3 Å². The van der Waals surface area contributed by atoms with E-state index in [1.165, 1.54) is 6.07 Å². The van der Waals surface area contributed by atoms with Crippen LogP contribution in [0.4, 0.5) is 10.5 Å². The van der Waals surface area contributed by atoms with Gasteiger partial charge in [0.1, 0.15) is 28.3 Å². The Bertz CT molecular complexity index is 1090. The Labute approximate surface area is 222 Å². The number of hydrogen-bond acceptors (Lipinski definition) is 6. The molecule has 0 aliphatic carbocycles. The van der Waals surface area contributed by atoms with E-state index in [2.05, 4.69) is 54.5 Å². The molecule has 0 unspecified atom stereocenters. The highest BCUT2D eigenvalue weighted by Crippen LogP contribution is 2.36. The smallest absolute Gasteiger partial charge is 0.326 e. The number of urea groups is 1. The van der Waals surface area contributed by atoms with Gasteiger partial charge in [-0.2, -0.15) is 0 Å². The summed E-state index contributed by atoms with van der Waals surface area (Å²) in [6, 6.07) is 2.09. The summed E-state index contributed by atoms with van der Waals surface area (Å²) < 4.78 is 12.1. The van der Waals surface area contributed by atoms with Crippen LogP contribution in [0.1, 0.15) is 56.6 Å². The average Bonchev–Trinajstić information content (AvgIpc) is 2.73. The van der Waals surface area contributed by atoms with Crippen LogP contribution in [-0.2, 0) is 4.43 Å². The number of amides is 3. The van der Waals surface area contributed by atoms with Crippen molar-refractivity contribution in [3.63, 3.8) is 0 Å². The molecule has 2 N–H and O–H groups in total. The average molecular weight is 562 g/mol. The Morgan fingerprint density at radius 1 is 1.11 bits per heavy atom. The minimum Gasteiger partial charge on any atom is -0.489 e. The molecule has 2 aromatic heterocycles. The van der Waals surface area contributed by atoms with Gasteiger partial charge in [0.25, 0.3) is 5.91 Å². The molecule has 0 radical (unpaired) electrons. The van der Waals surface area contributed by atoms with Crippen molar-refractivity contribution in [2.45, 2.75) is 58.7 Å². The number of hydrogen-bond donors (Lipinski definition) is 2. The third-order valence-electron chi connectivity index (χ3n) is 5.70. The molecule has 0 atom stereocenters. The number of ether oxygens (including phenoxy) is 1. The summed E-state index contributed by atoms with van der Waals surface area (Å²) in [4.78, 5) is 33.4. The van der Waals surface area contributed by atoms with Gasteiger partial charge < -0.3 is 14.5 Å². The first-order chi connectivity index (χ1) is 16.1. The van der Waals surface area contributed by atoms with Crippen LogP contribution in [0.3, 0.4) is 0 Å². The number of anilines is 1. The molecule has 0 saturated heterocycles. The molecule has 0 fully saturated rings. The normalized spacial score (nSPS) is 12.0. The van der Waals surface area contributed by atoms with Crippen molar-refractivity contribution in [3.05, 3.63) is 44.9 Å². The van der Waals surface area contributed by atoms with Crippen LogP contribution < -0.4 is 15.4 Å². The second kappa shape index (κ2) is 11.9. The molecule has 12 heteroatoms. The van der Waals surface area contributed by atoms with Crippen molar-refractivity contribution in [1.29, 1.82) is 0 Å². The Morgan fingerprint density at radius 3 is 2.37 bits per heavy atom. The highest BCUT2D eigenvalue weighted by molar-refractivity contribution is 6.74. The topological polar surface area (TPSA) is 102 Å². The fourth-order valence-corrected chi connectivity index (χ4v) is 4.31. The second-order valence-corrected chi connectivity index (χ2v) is 15.6. The van der Waals surface area contributed by atoms with Gasteiger partial charge in [0, 0.05) is 12.3 Å². The number of imide groups is 1. The Kier molecular flexibility index (Phi) is 9.95. The maximum Gasteiger partial charge on any atom is 0.326 e. The van der Waals surface area contributed by atoms with E-state index < -0.39 is 20.3 Å². The van der Waals surface area contributed by atoms with Gasteiger partial charge >= 0.3 is 6.03 Å². The van der Waals surface area contributed by atoms with E-state index in [0.717, 1.165) is 0 Å². The molecule has 0 aromatic carbocycles. The van der Waals surface area contributed by atoms with Gasteiger partial charge in [-0.3, -0.25) is 15.1 Å². The van der Waals surface area contributed by atoms with Crippen molar-refractivity contribution >= 4 is 60.7 Å². The molecule has 0 aliphatic rings. The summed E-state index contributed by atoms with van der Waals surface area (Å²) in [5, 5.41) is 4.77. The zero-order chi connectivity index (χ0) is 26.6. The van der Waals surface area contributed by atoms with Crippen LogP contribution in [-0.4, -0.2) is 43.4 Å². The zero-order valence-electron chi connectivity index (χ0n) is 20.9.